The topological polar surface area (TPSA) is 66.5 Å². The van der Waals surface area contributed by atoms with E-state index < -0.39 is 10.0 Å². The molecule has 1 aliphatic carbocycles. The number of aryl methyl sites for hydroxylation is 2. The second-order valence-corrected chi connectivity index (χ2v) is 10.3. The zero-order valence-corrected chi connectivity index (χ0v) is 19.7. The Kier molecular flexibility index (Phi) is 7.14. The first-order valence-corrected chi connectivity index (χ1v) is 13.0. The molecule has 0 heterocycles. The third-order valence-corrected chi connectivity index (χ3v) is 7.97. The van der Waals surface area contributed by atoms with Crippen LogP contribution in [0.3, 0.4) is 0 Å². The van der Waals surface area contributed by atoms with Crippen molar-refractivity contribution in [1.29, 1.82) is 0 Å². The van der Waals surface area contributed by atoms with E-state index in [-0.39, 0.29) is 23.4 Å². The molecule has 1 unspecified atom stereocenters. The molecule has 0 saturated carbocycles. The van der Waals surface area contributed by atoms with E-state index in [0.29, 0.717) is 5.69 Å². The Balaban J connectivity index is 1.57. The van der Waals surface area contributed by atoms with Gasteiger partial charge in [0.2, 0.25) is 5.91 Å². The average molecular weight is 463 g/mol. The van der Waals surface area contributed by atoms with Gasteiger partial charge in [-0.25, -0.2) is 8.42 Å². The molecule has 3 aromatic rings. The summed E-state index contributed by atoms with van der Waals surface area (Å²) in [5.74, 6) is -0.331. The number of sulfonamides is 1. The van der Waals surface area contributed by atoms with Crippen LogP contribution in [-0.4, -0.2) is 20.9 Å². The van der Waals surface area contributed by atoms with Crippen molar-refractivity contribution in [3.05, 3.63) is 95.6 Å². The third-order valence-electron chi connectivity index (χ3n) is 6.18. The van der Waals surface area contributed by atoms with E-state index in [9.17, 15) is 13.2 Å². The van der Waals surface area contributed by atoms with Gasteiger partial charge in [0.05, 0.1) is 16.6 Å². The molecule has 1 atom stereocenters. The third kappa shape index (κ3) is 5.28. The Labute approximate surface area is 196 Å². The van der Waals surface area contributed by atoms with Crippen LogP contribution in [-0.2, 0) is 27.7 Å². The van der Waals surface area contributed by atoms with Crippen molar-refractivity contribution in [2.75, 3.05) is 10.8 Å². The van der Waals surface area contributed by atoms with E-state index in [2.05, 4.69) is 23.5 Å². The molecule has 33 heavy (non-hydrogen) atoms. The van der Waals surface area contributed by atoms with E-state index >= 15 is 0 Å². The normalized spacial score (nSPS) is 14.2. The molecule has 0 bridgehead atoms. The van der Waals surface area contributed by atoms with Gasteiger partial charge in [-0.1, -0.05) is 61.5 Å². The number of amides is 1. The van der Waals surface area contributed by atoms with Crippen LogP contribution in [0.1, 0.15) is 48.9 Å². The molecule has 0 saturated heterocycles. The maximum absolute atomic E-state index is 13.4. The standard InChI is InChI=1S/C27H30N2O3S/c1-2-26(23-18-17-21-11-9-10-12-22(21)19-23)28-27(30)20-29(24-13-5-3-6-14-24)33(31,32)25-15-7-4-8-16-25/h3-8,13-19,26H,2,9-12,20H2,1H3,(H,28,30). The summed E-state index contributed by atoms with van der Waals surface area (Å²) in [4.78, 5) is 13.3. The van der Waals surface area contributed by atoms with E-state index in [0.717, 1.165) is 24.8 Å². The van der Waals surface area contributed by atoms with Crippen molar-refractivity contribution >= 4 is 21.6 Å². The van der Waals surface area contributed by atoms with Gasteiger partial charge in [-0.2, -0.15) is 0 Å². The van der Waals surface area contributed by atoms with E-state index in [1.54, 1.807) is 54.6 Å². The number of nitrogens with zero attached hydrogens (tertiary/aromatic N) is 1. The lowest BCUT2D eigenvalue weighted by atomic mass is 9.89. The Hall–Kier alpha value is -3.12. The monoisotopic (exact) mass is 462 g/mol. The molecule has 0 fully saturated rings. The highest BCUT2D eigenvalue weighted by atomic mass is 32.2. The van der Waals surface area contributed by atoms with Crippen molar-refractivity contribution in [2.24, 2.45) is 0 Å². The Morgan fingerprint density at radius 2 is 1.55 bits per heavy atom. The van der Waals surface area contributed by atoms with Gasteiger partial charge >= 0.3 is 0 Å². The first-order valence-electron chi connectivity index (χ1n) is 11.5. The number of fused-ring (bicyclic) bond motifs is 1. The number of benzene rings is 3. The van der Waals surface area contributed by atoms with Crippen LogP contribution in [0.15, 0.2) is 83.8 Å². The van der Waals surface area contributed by atoms with Crippen LogP contribution in [0.25, 0.3) is 0 Å². The summed E-state index contributed by atoms with van der Waals surface area (Å²) >= 11 is 0. The molecule has 172 valence electrons. The first-order chi connectivity index (χ1) is 16.0. The minimum absolute atomic E-state index is 0.156. The van der Waals surface area contributed by atoms with Gasteiger partial charge < -0.3 is 5.32 Å². The number of nitrogens with one attached hydrogen (secondary N) is 1. The molecule has 6 heteroatoms. The second-order valence-electron chi connectivity index (χ2n) is 8.42. The molecule has 1 amide bonds. The van der Waals surface area contributed by atoms with Crippen LogP contribution in [0.4, 0.5) is 5.69 Å². The van der Waals surface area contributed by atoms with E-state index in [1.807, 2.05) is 13.0 Å². The molecule has 0 aromatic heterocycles. The summed E-state index contributed by atoms with van der Waals surface area (Å²) in [5.41, 5.74) is 4.29. The summed E-state index contributed by atoms with van der Waals surface area (Å²) in [6, 6.07) is 23.3. The molecule has 3 aromatic carbocycles. The summed E-state index contributed by atoms with van der Waals surface area (Å²) in [6.07, 6.45) is 5.34. The lowest BCUT2D eigenvalue weighted by Gasteiger charge is -2.26. The Morgan fingerprint density at radius 3 is 2.21 bits per heavy atom. The van der Waals surface area contributed by atoms with Crippen molar-refractivity contribution in [2.45, 2.75) is 50.0 Å². The van der Waals surface area contributed by atoms with Crippen molar-refractivity contribution in [3.8, 4) is 0 Å². The van der Waals surface area contributed by atoms with Crippen LogP contribution in [0.5, 0.6) is 0 Å². The highest BCUT2D eigenvalue weighted by molar-refractivity contribution is 7.92. The number of para-hydroxylation sites is 1. The highest BCUT2D eigenvalue weighted by Crippen LogP contribution is 2.27. The number of hydrogen-bond acceptors (Lipinski definition) is 3. The largest absolute Gasteiger partial charge is 0.348 e. The number of anilines is 1. The maximum atomic E-state index is 13.4. The zero-order chi connectivity index (χ0) is 23.3. The van der Waals surface area contributed by atoms with Crippen molar-refractivity contribution in [3.63, 3.8) is 0 Å². The SMILES string of the molecule is CCC(NC(=O)CN(c1ccccc1)S(=O)(=O)c1ccccc1)c1ccc2c(c1)CCCC2. The minimum atomic E-state index is -3.90. The zero-order valence-electron chi connectivity index (χ0n) is 18.9. The Bertz CT molecular complexity index is 1190. The van der Waals surface area contributed by atoms with E-state index in [4.69, 9.17) is 0 Å². The fourth-order valence-electron chi connectivity index (χ4n) is 4.39. The maximum Gasteiger partial charge on any atom is 0.264 e. The molecule has 1 aliphatic rings. The number of hydrogen-bond donors (Lipinski definition) is 1. The fourth-order valence-corrected chi connectivity index (χ4v) is 5.83. The van der Waals surface area contributed by atoms with Crippen LogP contribution in [0.2, 0.25) is 0 Å². The van der Waals surface area contributed by atoms with Crippen LogP contribution in [0, 0.1) is 0 Å². The van der Waals surface area contributed by atoms with Gasteiger partial charge in [0.1, 0.15) is 6.54 Å². The van der Waals surface area contributed by atoms with Gasteiger partial charge in [-0.3, -0.25) is 9.10 Å². The predicted molar refractivity (Wildman–Crippen MR) is 132 cm³/mol. The lowest BCUT2D eigenvalue weighted by molar-refractivity contribution is -0.120. The molecule has 1 N–H and O–H groups in total. The number of carbonyl (C=O) groups excluding carboxylic acids is 1. The van der Waals surface area contributed by atoms with Gasteiger partial charge in [0.15, 0.2) is 0 Å². The van der Waals surface area contributed by atoms with Gasteiger partial charge in [0.25, 0.3) is 10.0 Å². The predicted octanol–water partition coefficient (Wildman–Crippen LogP) is 5.03. The number of rotatable bonds is 8. The summed E-state index contributed by atoms with van der Waals surface area (Å²) in [7, 11) is -3.90. The first kappa shape index (κ1) is 23.1. The highest BCUT2D eigenvalue weighted by Gasteiger charge is 2.28. The molecular weight excluding hydrogens is 432 g/mol. The molecule has 4 rings (SSSR count). The summed E-state index contributed by atoms with van der Waals surface area (Å²) < 4.78 is 28.0. The van der Waals surface area contributed by atoms with Gasteiger partial charge in [0, 0.05) is 0 Å². The molecule has 5 nitrogen and oxygen atoms in total. The van der Waals surface area contributed by atoms with Crippen molar-refractivity contribution < 1.29 is 13.2 Å². The fraction of sp³-hybridized carbons (Fsp3) is 0.296. The van der Waals surface area contributed by atoms with Crippen molar-refractivity contribution in [1.82, 2.24) is 5.32 Å². The molecule has 0 radical (unpaired) electrons. The number of carbonyl (C=O) groups is 1. The Morgan fingerprint density at radius 1 is 0.909 bits per heavy atom. The molecular formula is C27H30N2O3S. The molecule has 0 aliphatic heterocycles. The van der Waals surface area contributed by atoms with Crippen LogP contribution >= 0.6 is 0 Å². The van der Waals surface area contributed by atoms with Crippen LogP contribution < -0.4 is 9.62 Å². The van der Waals surface area contributed by atoms with E-state index in [1.165, 1.54) is 28.3 Å². The van der Waals surface area contributed by atoms with Gasteiger partial charge in [-0.15, -0.1) is 0 Å². The quantitative estimate of drug-likeness (QED) is 0.511. The molecule has 0 spiro atoms. The smallest absolute Gasteiger partial charge is 0.264 e. The summed E-state index contributed by atoms with van der Waals surface area (Å²) in [6.45, 7) is 1.74. The summed E-state index contributed by atoms with van der Waals surface area (Å²) in [5, 5.41) is 3.07. The average Bonchev–Trinajstić information content (AvgIpc) is 2.86. The lowest BCUT2D eigenvalue weighted by Crippen LogP contribution is -2.42. The second kappa shape index (κ2) is 10.2. The van der Waals surface area contributed by atoms with Gasteiger partial charge in [-0.05, 0) is 73.1 Å². The minimum Gasteiger partial charge on any atom is -0.348 e.